The van der Waals surface area contributed by atoms with Crippen LogP contribution in [0.1, 0.15) is 34.6 Å². The number of carboxylic acids is 3. The fourth-order valence-corrected chi connectivity index (χ4v) is 0.250. The van der Waals surface area contributed by atoms with Crippen LogP contribution in [-0.2, 0) is 14.4 Å². The Bertz CT molecular complexity index is 151. The normalized spacial score (nSPS) is 6.88. The monoisotopic (exact) mass is 253 g/mol. The van der Waals surface area contributed by atoms with Crippen molar-refractivity contribution >= 4 is 17.9 Å². The van der Waals surface area contributed by atoms with Gasteiger partial charge >= 0.3 is 0 Å². The molecule has 0 aromatic heterocycles. The average Bonchev–Trinajstić information content (AvgIpc) is 2.01. The molecule has 0 aliphatic carbocycles. The van der Waals surface area contributed by atoms with Crippen molar-refractivity contribution in [3.63, 3.8) is 0 Å². The van der Waals surface area contributed by atoms with Gasteiger partial charge in [-0.15, -0.1) is 0 Å². The first kappa shape index (κ1) is 24.6. The molecule has 0 rings (SSSR count). The maximum absolute atomic E-state index is 9.00. The number of nitrogens with one attached hydrogen (secondary N) is 1. The summed E-state index contributed by atoms with van der Waals surface area (Å²) in [5.41, 5.74) is 0. The van der Waals surface area contributed by atoms with Crippen LogP contribution in [0.3, 0.4) is 0 Å². The van der Waals surface area contributed by atoms with Crippen LogP contribution in [0.2, 0.25) is 0 Å². The van der Waals surface area contributed by atoms with E-state index in [1.54, 1.807) is 0 Å². The highest BCUT2D eigenvalue weighted by molar-refractivity contribution is 5.63. The standard InChI is InChI=1S/C4H11N.3C2H4O2/c1-3-5-4-2;3*1-2(3)4/h5H,3-4H2,1-2H3;3*1H3,(H,3,4). The van der Waals surface area contributed by atoms with E-state index in [1.165, 1.54) is 0 Å². The predicted molar refractivity (Wildman–Crippen MR) is 64.1 cm³/mol. The van der Waals surface area contributed by atoms with Crippen LogP contribution in [0, 0.1) is 0 Å². The third kappa shape index (κ3) is 16100. The molecule has 0 aliphatic heterocycles. The van der Waals surface area contributed by atoms with Crippen LogP contribution in [0.25, 0.3) is 0 Å². The molecule has 7 heteroatoms. The van der Waals surface area contributed by atoms with Gasteiger partial charge in [0.15, 0.2) is 0 Å². The Morgan fingerprint density at radius 2 is 0.882 bits per heavy atom. The van der Waals surface area contributed by atoms with E-state index in [0.717, 1.165) is 33.9 Å². The summed E-state index contributed by atoms with van der Waals surface area (Å²) in [6.07, 6.45) is 0. The fraction of sp³-hybridized carbons (Fsp3) is 0.700. The van der Waals surface area contributed by atoms with Gasteiger partial charge in [-0.1, -0.05) is 13.8 Å². The summed E-state index contributed by atoms with van der Waals surface area (Å²) >= 11 is 0. The lowest BCUT2D eigenvalue weighted by atomic mass is 10.7. The molecule has 4 N–H and O–H groups in total. The summed E-state index contributed by atoms with van der Waals surface area (Å²) in [4.78, 5) is 27.0. The summed E-state index contributed by atoms with van der Waals surface area (Å²) in [7, 11) is 0. The van der Waals surface area contributed by atoms with E-state index in [1.807, 2.05) is 0 Å². The molecule has 0 aromatic rings. The summed E-state index contributed by atoms with van der Waals surface area (Å²) in [5.74, 6) is -2.50. The zero-order valence-electron chi connectivity index (χ0n) is 11.0. The highest BCUT2D eigenvalue weighted by Crippen LogP contribution is 1.47. The maximum Gasteiger partial charge on any atom is 0.300 e. The Balaban J connectivity index is -0.0000000667. The van der Waals surface area contributed by atoms with E-state index >= 15 is 0 Å². The SMILES string of the molecule is CC(=O)O.CC(=O)O.CC(=O)O.CCNCC. The summed E-state index contributed by atoms with van der Waals surface area (Å²) in [6.45, 7) is 9.64. The van der Waals surface area contributed by atoms with Gasteiger partial charge < -0.3 is 20.6 Å². The fourth-order valence-electron chi connectivity index (χ4n) is 0.250. The molecule has 0 radical (unpaired) electrons. The molecule has 0 spiro atoms. The molecule has 0 saturated carbocycles. The van der Waals surface area contributed by atoms with Gasteiger partial charge in [-0.05, 0) is 13.1 Å². The summed E-state index contributed by atoms with van der Waals surface area (Å²) < 4.78 is 0. The molecule has 0 atom stereocenters. The second kappa shape index (κ2) is 23.9. The van der Waals surface area contributed by atoms with Gasteiger partial charge in [-0.3, -0.25) is 14.4 Å². The van der Waals surface area contributed by atoms with E-state index in [0.29, 0.717) is 0 Å². The van der Waals surface area contributed by atoms with E-state index in [-0.39, 0.29) is 0 Å². The summed E-state index contributed by atoms with van der Waals surface area (Å²) in [6, 6.07) is 0. The molecule has 17 heavy (non-hydrogen) atoms. The molecule has 0 unspecified atom stereocenters. The molecule has 0 heterocycles. The number of hydrogen-bond donors (Lipinski definition) is 4. The quantitative estimate of drug-likeness (QED) is 0.576. The Labute approximate surface area is 101 Å². The molecular weight excluding hydrogens is 230 g/mol. The minimum atomic E-state index is -0.833. The smallest absolute Gasteiger partial charge is 0.300 e. The summed E-state index contributed by atoms with van der Waals surface area (Å²) in [5, 5.41) is 25.4. The average molecular weight is 253 g/mol. The van der Waals surface area contributed by atoms with Gasteiger partial charge in [0.05, 0.1) is 0 Å². The largest absolute Gasteiger partial charge is 0.481 e. The van der Waals surface area contributed by atoms with E-state index in [2.05, 4.69) is 19.2 Å². The Kier molecular flexibility index (Phi) is 34.5. The van der Waals surface area contributed by atoms with Gasteiger partial charge in [0.25, 0.3) is 17.9 Å². The second-order valence-corrected chi connectivity index (χ2v) is 2.51. The molecule has 0 amide bonds. The minimum Gasteiger partial charge on any atom is -0.481 e. The number of carboxylic acid groups (broad SMARTS) is 3. The molecule has 0 aliphatic rings. The van der Waals surface area contributed by atoms with Gasteiger partial charge in [0, 0.05) is 20.8 Å². The third-order valence-corrected chi connectivity index (χ3v) is 0.500. The molecule has 0 bridgehead atoms. The second-order valence-electron chi connectivity index (χ2n) is 2.51. The van der Waals surface area contributed by atoms with E-state index in [4.69, 9.17) is 29.7 Å². The minimum absolute atomic E-state index is 0.833. The van der Waals surface area contributed by atoms with Crippen molar-refractivity contribution in [3.05, 3.63) is 0 Å². The van der Waals surface area contributed by atoms with Crippen LogP contribution in [0.15, 0.2) is 0 Å². The predicted octanol–water partition coefficient (Wildman–Crippen LogP) is 0.888. The number of rotatable bonds is 2. The molecule has 7 nitrogen and oxygen atoms in total. The topological polar surface area (TPSA) is 124 Å². The lowest BCUT2D eigenvalue weighted by Gasteiger charge is -1.86. The van der Waals surface area contributed by atoms with Crippen LogP contribution in [0.4, 0.5) is 0 Å². The molecule has 0 aromatic carbocycles. The maximum atomic E-state index is 9.00. The number of carbonyl (C=O) groups is 3. The first-order valence-electron chi connectivity index (χ1n) is 4.90. The van der Waals surface area contributed by atoms with Crippen LogP contribution >= 0.6 is 0 Å². The lowest BCUT2D eigenvalue weighted by molar-refractivity contribution is -0.135. The molecular formula is C10H23NO6. The van der Waals surface area contributed by atoms with Crippen molar-refractivity contribution in [1.82, 2.24) is 5.32 Å². The van der Waals surface area contributed by atoms with Crippen LogP contribution in [0.5, 0.6) is 0 Å². The van der Waals surface area contributed by atoms with Crippen LogP contribution in [-0.4, -0.2) is 46.3 Å². The van der Waals surface area contributed by atoms with Crippen molar-refractivity contribution in [2.45, 2.75) is 34.6 Å². The lowest BCUT2D eigenvalue weighted by Crippen LogP contribution is -2.09. The van der Waals surface area contributed by atoms with E-state index in [9.17, 15) is 0 Å². The van der Waals surface area contributed by atoms with Crippen molar-refractivity contribution in [3.8, 4) is 0 Å². The molecule has 0 fully saturated rings. The van der Waals surface area contributed by atoms with Crippen molar-refractivity contribution in [2.75, 3.05) is 13.1 Å². The highest BCUT2D eigenvalue weighted by atomic mass is 16.4. The zero-order valence-corrected chi connectivity index (χ0v) is 11.0. The van der Waals surface area contributed by atoms with Crippen LogP contribution < -0.4 is 5.32 Å². The van der Waals surface area contributed by atoms with Crippen molar-refractivity contribution in [2.24, 2.45) is 0 Å². The third-order valence-electron chi connectivity index (χ3n) is 0.500. The van der Waals surface area contributed by atoms with Gasteiger partial charge in [0.1, 0.15) is 0 Å². The van der Waals surface area contributed by atoms with Gasteiger partial charge in [0.2, 0.25) is 0 Å². The number of hydrogen-bond acceptors (Lipinski definition) is 4. The zero-order chi connectivity index (χ0) is 14.9. The highest BCUT2D eigenvalue weighted by Gasteiger charge is 1.66. The Morgan fingerprint density at radius 1 is 0.765 bits per heavy atom. The van der Waals surface area contributed by atoms with Gasteiger partial charge in [-0.2, -0.15) is 0 Å². The van der Waals surface area contributed by atoms with Crippen molar-refractivity contribution < 1.29 is 29.7 Å². The first-order valence-corrected chi connectivity index (χ1v) is 4.90. The Hall–Kier alpha value is -1.63. The first-order chi connectivity index (χ1) is 7.61. The van der Waals surface area contributed by atoms with E-state index < -0.39 is 17.9 Å². The van der Waals surface area contributed by atoms with Gasteiger partial charge in [-0.25, -0.2) is 0 Å². The Morgan fingerprint density at radius 3 is 0.882 bits per heavy atom. The van der Waals surface area contributed by atoms with Crippen molar-refractivity contribution in [1.29, 1.82) is 0 Å². The number of aliphatic carboxylic acids is 3. The molecule has 104 valence electrons. The molecule has 0 saturated heterocycles.